The van der Waals surface area contributed by atoms with Gasteiger partial charge in [0.05, 0.1) is 11.0 Å². The van der Waals surface area contributed by atoms with E-state index < -0.39 is 11.0 Å². The Morgan fingerprint density at radius 3 is 2.32 bits per heavy atom. The largest absolute Gasteiger partial charge is 0.426 e. The molecule has 3 heteroatoms. The molecule has 2 rings (SSSR count). The Bertz CT molecular complexity index is 431. The van der Waals surface area contributed by atoms with Gasteiger partial charge in [-0.1, -0.05) is 37.5 Å². The van der Waals surface area contributed by atoms with Crippen molar-refractivity contribution in [3.05, 3.63) is 30.3 Å². The highest BCUT2D eigenvalue weighted by atomic mass is 16.5. The van der Waals surface area contributed by atoms with Crippen molar-refractivity contribution in [3.63, 3.8) is 0 Å². The average molecular weight is 262 g/mol. The van der Waals surface area contributed by atoms with Gasteiger partial charge in [-0.3, -0.25) is 4.79 Å². The Kier molecular flexibility index (Phi) is 3.95. The molecule has 0 aromatic heterocycles. The SMILES string of the molecule is CC(C)(C(=O)Oc1ccccc1)C1(O)CCCCC1. The Balaban J connectivity index is 2.12. The number of para-hydroxylation sites is 1. The molecule has 1 aromatic rings. The van der Waals surface area contributed by atoms with E-state index in [1.54, 1.807) is 26.0 Å². The molecule has 0 saturated heterocycles. The van der Waals surface area contributed by atoms with Crippen LogP contribution < -0.4 is 4.74 Å². The number of rotatable bonds is 3. The van der Waals surface area contributed by atoms with Gasteiger partial charge in [-0.25, -0.2) is 0 Å². The van der Waals surface area contributed by atoms with Crippen LogP contribution >= 0.6 is 0 Å². The van der Waals surface area contributed by atoms with E-state index in [9.17, 15) is 9.90 Å². The predicted octanol–water partition coefficient (Wildman–Crippen LogP) is 3.31. The predicted molar refractivity (Wildman–Crippen MR) is 73.9 cm³/mol. The molecule has 19 heavy (non-hydrogen) atoms. The van der Waals surface area contributed by atoms with Gasteiger partial charge in [0.15, 0.2) is 0 Å². The molecule has 1 fully saturated rings. The number of benzene rings is 1. The second-order valence-electron chi connectivity index (χ2n) is 5.92. The highest BCUT2D eigenvalue weighted by Gasteiger charge is 2.50. The molecule has 0 atom stereocenters. The number of aliphatic hydroxyl groups is 1. The molecule has 1 saturated carbocycles. The van der Waals surface area contributed by atoms with Gasteiger partial charge in [0, 0.05) is 0 Å². The standard InChI is InChI=1S/C16H22O3/c1-15(2,16(18)11-7-4-8-12-16)14(17)19-13-9-5-3-6-10-13/h3,5-6,9-10,18H,4,7-8,11-12H2,1-2H3. The van der Waals surface area contributed by atoms with Crippen LogP contribution in [0.2, 0.25) is 0 Å². The molecule has 0 amide bonds. The van der Waals surface area contributed by atoms with Crippen molar-refractivity contribution in [1.82, 2.24) is 0 Å². The summed E-state index contributed by atoms with van der Waals surface area (Å²) in [6.07, 6.45) is 4.41. The topological polar surface area (TPSA) is 46.5 Å². The van der Waals surface area contributed by atoms with Gasteiger partial charge in [-0.2, -0.15) is 0 Å². The molecule has 0 aliphatic heterocycles. The van der Waals surface area contributed by atoms with Crippen LogP contribution in [0.5, 0.6) is 5.75 Å². The van der Waals surface area contributed by atoms with E-state index in [4.69, 9.17) is 4.74 Å². The molecule has 3 nitrogen and oxygen atoms in total. The minimum Gasteiger partial charge on any atom is -0.426 e. The van der Waals surface area contributed by atoms with Crippen molar-refractivity contribution in [3.8, 4) is 5.75 Å². The first-order chi connectivity index (χ1) is 8.96. The maximum absolute atomic E-state index is 12.4. The van der Waals surface area contributed by atoms with Crippen molar-refractivity contribution in [2.24, 2.45) is 5.41 Å². The van der Waals surface area contributed by atoms with Crippen molar-refractivity contribution in [1.29, 1.82) is 0 Å². The monoisotopic (exact) mass is 262 g/mol. The van der Waals surface area contributed by atoms with E-state index in [1.165, 1.54) is 0 Å². The first kappa shape index (κ1) is 14.1. The molecule has 0 radical (unpaired) electrons. The fourth-order valence-corrected chi connectivity index (χ4v) is 2.67. The fraction of sp³-hybridized carbons (Fsp3) is 0.562. The Morgan fingerprint density at radius 2 is 1.74 bits per heavy atom. The zero-order chi connectivity index (χ0) is 13.9. The van der Waals surface area contributed by atoms with Gasteiger partial charge in [0.25, 0.3) is 0 Å². The number of hydrogen-bond acceptors (Lipinski definition) is 3. The molecule has 0 unspecified atom stereocenters. The van der Waals surface area contributed by atoms with Crippen LogP contribution in [0.4, 0.5) is 0 Å². The Morgan fingerprint density at radius 1 is 1.16 bits per heavy atom. The summed E-state index contributed by atoms with van der Waals surface area (Å²) < 4.78 is 5.40. The quantitative estimate of drug-likeness (QED) is 0.671. The minimum atomic E-state index is -0.947. The number of ether oxygens (including phenoxy) is 1. The summed E-state index contributed by atoms with van der Waals surface area (Å²) >= 11 is 0. The third-order valence-corrected chi connectivity index (χ3v) is 4.31. The zero-order valence-electron chi connectivity index (χ0n) is 11.7. The summed E-state index contributed by atoms with van der Waals surface area (Å²) in [5.74, 6) is 0.170. The lowest BCUT2D eigenvalue weighted by Gasteiger charge is -2.43. The highest BCUT2D eigenvalue weighted by molar-refractivity contribution is 5.79. The molecular formula is C16H22O3. The van der Waals surface area contributed by atoms with Crippen LogP contribution in [0, 0.1) is 5.41 Å². The molecule has 0 heterocycles. The first-order valence-corrected chi connectivity index (χ1v) is 6.95. The summed E-state index contributed by atoms with van der Waals surface area (Å²) in [5, 5.41) is 10.7. The van der Waals surface area contributed by atoms with Crippen LogP contribution in [0.1, 0.15) is 46.0 Å². The lowest BCUT2D eigenvalue weighted by atomic mass is 9.67. The second kappa shape index (κ2) is 5.33. The lowest BCUT2D eigenvalue weighted by Crippen LogP contribution is -2.52. The number of carbonyl (C=O) groups excluding carboxylic acids is 1. The Hall–Kier alpha value is -1.35. The lowest BCUT2D eigenvalue weighted by molar-refractivity contribution is -0.166. The molecule has 1 aromatic carbocycles. The van der Waals surface area contributed by atoms with Crippen molar-refractivity contribution < 1.29 is 14.6 Å². The van der Waals surface area contributed by atoms with Crippen LogP contribution in [0.3, 0.4) is 0 Å². The molecule has 0 spiro atoms. The Labute approximate surface area is 114 Å². The summed E-state index contributed by atoms with van der Waals surface area (Å²) in [4.78, 5) is 12.4. The summed E-state index contributed by atoms with van der Waals surface area (Å²) in [7, 11) is 0. The van der Waals surface area contributed by atoms with Gasteiger partial charge in [0.2, 0.25) is 0 Å². The van der Waals surface area contributed by atoms with Crippen LogP contribution in [-0.4, -0.2) is 16.7 Å². The molecule has 1 aliphatic rings. The molecular weight excluding hydrogens is 240 g/mol. The molecule has 0 bridgehead atoms. The van der Waals surface area contributed by atoms with E-state index >= 15 is 0 Å². The van der Waals surface area contributed by atoms with Crippen molar-refractivity contribution in [2.75, 3.05) is 0 Å². The van der Waals surface area contributed by atoms with E-state index in [0.29, 0.717) is 18.6 Å². The van der Waals surface area contributed by atoms with Crippen LogP contribution in [0.15, 0.2) is 30.3 Å². The zero-order valence-corrected chi connectivity index (χ0v) is 11.7. The maximum atomic E-state index is 12.4. The second-order valence-corrected chi connectivity index (χ2v) is 5.92. The highest BCUT2D eigenvalue weighted by Crippen LogP contribution is 2.43. The molecule has 104 valence electrons. The third kappa shape index (κ3) is 2.81. The summed E-state index contributed by atoms with van der Waals surface area (Å²) in [6, 6.07) is 9.02. The van der Waals surface area contributed by atoms with Gasteiger partial charge in [-0.15, -0.1) is 0 Å². The van der Waals surface area contributed by atoms with Gasteiger partial charge in [-0.05, 0) is 38.8 Å². The fourth-order valence-electron chi connectivity index (χ4n) is 2.67. The van der Waals surface area contributed by atoms with Gasteiger partial charge >= 0.3 is 5.97 Å². The van der Waals surface area contributed by atoms with E-state index in [-0.39, 0.29) is 5.97 Å². The number of hydrogen-bond donors (Lipinski definition) is 1. The van der Waals surface area contributed by atoms with Crippen molar-refractivity contribution in [2.45, 2.75) is 51.6 Å². The van der Waals surface area contributed by atoms with E-state index in [1.807, 2.05) is 18.2 Å². The third-order valence-electron chi connectivity index (χ3n) is 4.31. The van der Waals surface area contributed by atoms with Crippen LogP contribution in [-0.2, 0) is 4.79 Å². The van der Waals surface area contributed by atoms with Gasteiger partial charge in [0.1, 0.15) is 5.75 Å². The summed E-state index contributed by atoms with van der Waals surface area (Å²) in [5.41, 5.74) is -1.83. The summed E-state index contributed by atoms with van der Waals surface area (Å²) in [6.45, 7) is 3.56. The van der Waals surface area contributed by atoms with Crippen LogP contribution in [0.25, 0.3) is 0 Å². The smallest absolute Gasteiger partial charge is 0.319 e. The average Bonchev–Trinajstić information content (AvgIpc) is 2.40. The normalized spacial score (nSPS) is 18.9. The van der Waals surface area contributed by atoms with E-state index in [0.717, 1.165) is 19.3 Å². The molecule has 1 aliphatic carbocycles. The van der Waals surface area contributed by atoms with Crippen molar-refractivity contribution >= 4 is 5.97 Å². The van der Waals surface area contributed by atoms with E-state index in [2.05, 4.69) is 0 Å². The molecule has 1 N–H and O–H groups in total. The maximum Gasteiger partial charge on any atom is 0.319 e. The number of esters is 1. The van der Waals surface area contributed by atoms with Gasteiger partial charge < -0.3 is 9.84 Å². The number of carbonyl (C=O) groups is 1. The first-order valence-electron chi connectivity index (χ1n) is 6.95. The minimum absolute atomic E-state index is 0.358.